The molecule has 1 unspecified atom stereocenters. The molecule has 3 N–H and O–H groups in total. The third-order valence-corrected chi connectivity index (χ3v) is 9.53. The fraction of sp³-hybridized carbons (Fsp3) is 0.395. The van der Waals surface area contributed by atoms with Gasteiger partial charge in [0, 0.05) is 103 Å². The van der Waals surface area contributed by atoms with Crippen LogP contribution >= 0.6 is 0 Å². The summed E-state index contributed by atoms with van der Waals surface area (Å²) in [5, 5.41) is 9.51. The normalized spacial score (nSPS) is 18.9. The summed E-state index contributed by atoms with van der Waals surface area (Å²) in [6.07, 6.45) is 5.84. The minimum Gasteiger partial charge on any atom is -0.497 e. The molecule has 1 atom stereocenters. The van der Waals surface area contributed by atoms with Crippen molar-refractivity contribution in [1.82, 2.24) is 24.6 Å². The first kappa shape index (κ1) is 34.9. The van der Waals surface area contributed by atoms with E-state index >= 15 is 0 Å². The van der Waals surface area contributed by atoms with Gasteiger partial charge in [-0.25, -0.2) is 4.79 Å². The van der Waals surface area contributed by atoms with Gasteiger partial charge in [-0.1, -0.05) is 6.08 Å². The Balaban J connectivity index is 1.12. The van der Waals surface area contributed by atoms with Crippen LogP contribution in [0.15, 0.2) is 71.6 Å². The van der Waals surface area contributed by atoms with E-state index in [1.807, 2.05) is 43.3 Å². The summed E-state index contributed by atoms with van der Waals surface area (Å²) in [4.78, 5) is 45.5. The molecule has 3 amide bonds. The number of hydrogen-bond acceptors (Lipinski definition) is 8. The molecule has 0 radical (unpaired) electrons. The van der Waals surface area contributed by atoms with Crippen LogP contribution in [0.25, 0.3) is 17.0 Å². The summed E-state index contributed by atoms with van der Waals surface area (Å²) < 4.78 is 14.1. The maximum absolute atomic E-state index is 13.7. The average Bonchev–Trinajstić information content (AvgIpc) is 3.55. The van der Waals surface area contributed by atoms with Crippen LogP contribution in [0.3, 0.4) is 0 Å². The number of fused-ring (bicyclic) bond motifs is 2. The minimum atomic E-state index is -0.439. The molecule has 2 saturated heterocycles. The molecule has 50 heavy (non-hydrogen) atoms. The second-order valence-electron chi connectivity index (χ2n) is 13.4. The maximum atomic E-state index is 13.7. The molecular formula is C38H47N7O5. The number of ether oxygens (including phenoxy) is 2. The Bertz CT molecular complexity index is 1850. The van der Waals surface area contributed by atoms with Crippen LogP contribution in [0, 0.1) is 6.92 Å². The summed E-state index contributed by atoms with van der Waals surface area (Å²) >= 11 is 0. The number of rotatable bonds is 11. The number of likely N-dealkylation sites (N-methyl/N-ethyl adjacent to an activating group) is 1. The lowest BCUT2D eigenvalue weighted by Crippen LogP contribution is -2.45. The molecule has 0 bridgehead atoms. The van der Waals surface area contributed by atoms with Gasteiger partial charge in [0.05, 0.1) is 7.11 Å². The quantitative estimate of drug-likeness (QED) is 0.254. The van der Waals surface area contributed by atoms with Gasteiger partial charge in [-0.05, 0) is 82.7 Å². The van der Waals surface area contributed by atoms with E-state index in [1.54, 1.807) is 37.5 Å². The summed E-state index contributed by atoms with van der Waals surface area (Å²) in [5.41, 5.74) is 5.34. The van der Waals surface area contributed by atoms with Gasteiger partial charge in [0.25, 0.3) is 0 Å². The highest BCUT2D eigenvalue weighted by atomic mass is 16.5. The molecule has 264 valence electrons. The van der Waals surface area contributed by atoms with E-state index in [0.29, 0.717) is 47.8 Å². The number of nitrogens with zero attached hydrogens (tertiary/aromatic N) is 4. The number of allylic oxidation sites excluding steroid dienone is 2. The van der Waals surface area contributed by atoms with Gasteiger partial charge in [-0.3, -0.25) is 14.5 Å². The third kappa shape index (κ3) is 8.10. The van der Waals surface area contributed by atoms with Crippen LogP contribution in [0.2, 0.25) is 0 Å². The van der Waals surface area contributed by atoms with Crippen molar-refractivity contribution in [3.8, 4) is 5.75 Å². The number of piperazine rings is 1. The molecule has 1 aromatic heterocycles. The first-order valence-electron chi connectivity index (χ1n) is 17.1. The molecule has 3 aliphatic rings. The van der Waals surface area contributed by atoms with Crippen LogP contribution in [0.1, 0.15) is 24.1 Å². The van der Waals surface area contributed by atoms with Crippen molar-refractivity contribution in [2.24, 2.45) is 0 Å². The van der Waals surface area contributed by atoms with Crippen LogP contribution in [0.5, 0.6) is 5.75 Å². The zero-order valence-electron chi connectivity index (χ0n) is 29.5. The number of carbonyl (C=O) groups excluding carboxylic acids is 3. The molecular weight excluding hydrogens is 634 g/mol. The Morgan fingerprint density at radius 1 is 1.00 bits per heavy atom. The number of hydrogen-bond donors (Lipinski definition) is 3. The smallest absolute Gasteiger partial charge is 0.323 e. The lowest BCUT2D eigenvalue weighted by Gasteiger charge is -2.32. The van der Waals surface area contributed by atoms with Crippen molar-refractivity contribution in [2.45, 2.75) is 32.4 Å². The minimum absolute atomic E-state index is 0.0741. The van der Waals surface area contributed by atoms with Crippen molar-refractivity contribution in [2.75, 3.05) is 78.2 Å². The van der Waals surface area contributed by atoms with Gasteiger partial charge in [-0.2, -0.15) is 0 Å². The first-order chi connectivity index (χ1) is 24.1. The Labute approximate surface area is 293 Å². The predicted octanol–water partition coefficient (Wildman–Crippen LogP) is 4.44. The fourth-order valence-electron chi connectivity index (χ4n) is 6.55. The van der Waals surface area contributed by atoms with Crippen LogP contribution in [-0.2, 0) is 20.9 Å². The van der Waals surface area contributed by atoms with Crippen LogP contribution in [0.4, 0.5) is 16.2 Å². The summed E-state index contributed by atoms with van der Waals surface area (Å²) in [5.74, 6) is 0.778. The van der Waals surface area contributed by atoms with Crippen LogP contribution < -0.4 is 20.7 Å². The van der Waals surface area contributed by atoms with E-state index in [0.717, 1.165) is 67.2 Å². The summed E-state index contributed by atoms with van der Waals surface area (Å²) in [6.45, 7) is 8.78. The number of Topliss-reactive ketones (excluding diaryl/α,β-unsaturated/α-hetero) is 1. The first-order valence-corrected chi connectivity index (χ1v) is 17.1. The number of nitrogens with one attached hydrogen (secondary N) is 3. The topological polar surface area (TPSA) is 120 Å². The van der Waals surface area contributed by atoms with E-state index in [9.17, 15) is 14.4 Å². The predicted molar refractivity (Wildman–Crippen MR) is 196 cm³/mol. The second-order valence-corrected chi connectivity index (χ2v) is 13.4. The zero-order valence-corrected chi connectivity index (χ0v) is 29.5. The molecule has 12 nitrogen and oxygen atoms in total. The van der Waals surface area contributed by atoms with Gasteiger partial charge in [0.15, 0.2) is 5.76 Å². The van der Waals surface area contributed by atoms with Crippen molar-refractivity contribution >= 4 is 46.1 Å². The number of urea groups is 1. The molecule has 0 saturated carbocycles. The van der Waals surface area contributed by atoms with Crippen molar-refractivity contribution in [3.63, 3.8) is 0 Å². The molecule has 3 heterocycles. The number of benzene rings is 2. The number of ketones is 1. The van der Waals surface area contributed by atoms with Crippen molar-refractivity contribution in [1.29, 1.82) is 0 Å². The number of methoxy groups -OCH3 is 1. The van der Waals surface area contributed by atoms with Crippen molar-refractivity contribution in [3.05, 3.63) is 82.9 Å². The van der Waals surface area contributed by atoms with E-state index in [-0.39, 0.29) is 11.7 Å². The summed E-state index contributed by atoms with van der Waals surface area (Å²) in [6, 6.07) is 12.5. The Hall–Kier alpha value is -4.91. The Kier molecular flexibility index (Phi) is 10.7. The highest BCUT2D eigenvalue weighted by Crippen LogP contribution is 2.36. The second kappa shape index (κ2) is 15.3. The Morgan fingerprint density at radius 2 is 1.72 bits per heavy atom. The zero-order chi connectivity index (χ0) is 35.4. The van der Waals surface area contributed by atoms with E-state index in [2.05, 4.69) is 50.4 Å². The standard InChI is InChI=1S/C38H47N7O5/c1-25-30(31-23-29(49-5)11-12-33(31)45(25)21-20-44-18-16-43(4)17-19-44)24-35-37(47)32-22-28(10-13-34(32)50-35)41-38(48)40-27-8-6-26(7-9-27)39-36(46)14-15-42(2)3/h6-12,22-24,34H,13-21H2,1-5H3,(H,39,46)(H2,40,41,48)/b35-24-. The van der Waals surface area contributed by atoms with Crippen LogP contribution in [-0.4, -0.2) is 111 Å². The molecule has 12 heteroatoms. The SMILES string of the molecule is COc1ccc2c(c1)c(/C=C1\OC3CC=C(NC(=O)Nc4ccc(NC(=O)CCN(C)C)cc4)C=C3C1=O)c(C)n2CCN1CCN(C)CC1. The Morgan fingerprint density at radius 3 is 2.42 bits per heavy atom. The molecule has 3 aromatic rings. The highest BCUT2D eigenvalue weighted by molar-refractivity contribution is 6.13. The lowest BCUT2D eigenvalue weighted by atomic mass is 9.97. The monoisotopic (exact) mass is 681 g/mol. The van der Waals surface area contributed by atoms with Gasteiger partial charge in [-0.15, -0.1) is 0 Å². The fourth-order valence-corrected chi connectivity index (χ4v) is 6.55. The number of aromatic nitrogens is 1. The van der Waals surface area contributed by atoms with Crippen molar-refractivity contribution < 1.29 is 23.9 Å². The average molecular weight is 682 g/mol. The number of amides is 3. The van der Waals surface area contributed by atoms with Gasteiger partial charge >= 0.3 is 6.03 Å². The van der Waals surface area contributed by atoms with Gasteiger partial charge in [0.2, 0.25) is 11.7 Å². The molecule has 0 spiro atoms. The lowest BCUT2D eigenvalue weighted by molar-refractivity contribution is -0.116. The van der Waals surface area contributed by atoms with Gasteiger partial charge < -0.3 is 39.8 Å². The molecule has 2 aliphatic heterocycles. The molecule has 6 rings (SSSR count). The van der Waals surface area contributed by atoms with E-state index in [1.165, 1.54) is 0 Å². The maximum Gasteiger partial charge on any atom is 0.323 e. The van der Waals surface area contributed by atoms with Gasteiger partial charge in [0.1, 0.15) is 11.9 Å². The molecule has 1 aliphatic carbocycles. The molecule has 2 fully saturated rings. The van der Waals surface area contributed by atoms with E-state index in [4.69, 9.17) is 9.47 Å². The largest absolute Gasteiger partial charge is 0.497 e. The van der Waals surface area contributed by atoms with E-state index < -0.39 is 12.1 Å². The number of anilines is 2. The number of carbonyl (C=O) groups is 3. The summed E-state index contributed by atoms with van der Waals surface area (Å²) in [7, 11) is 7.66. The molecule has 2 aromatic carbocycles. The third-order valence-electron chi connectivity index (χ3n) is 9.53. The highest BCUT2D eigenvalue weighted by Gasteiger charge is 2.37.